The van der Waals surface area contributed by atoms with Crippen molar-refractivity contribution >= 4 is 16.9 Å². The summed E-state index contributed by atoms with van der Waals surface area (Å²) in [4.78, 5) is 19.1. The number of aliphatic hydroxyl groups is 1. The monoisotopic (exact) mass is 275 g/mol. The molecule has 1 atom stereocenters. The normalized spacial score (nSPS) is 12.8. The molecule has 0 bridgehead atoms. The van der Waals surface area contributed by atoms with E-state index in [-0.39, 0.29) is 18.4 Å². The van der Waals surface area contributed by atoms with Crippen LogP contribution in [0.5, 0.6) is 0 Å². The molecule has 0 saturated heterocycles. The fourth-order valence-corrected chi connectivity index (χ4v) is 2.38. The van der Waals surface area contributed by atoms with E-state index in [9.17, 15) is 9.90 Å². The summed E-state index contributed by atoms with van der Waals surface area (Å²) in [5.41, 5.74) is 2.23. The van der Waals surface area contributed by atoms with Crippen molar-refractivity contribution in [2.24, 2.45) is 5.92 Å². The summed E-state index contributed by atoms with van der Waals surface area (Å²) < 4.78 is 0. The van der Waals surface area contributed by atoms with Crippen molar-refractivity contribution in [3.8, 4) is 0 Å². The van der Waals surface area contributed by atoms with E-state index in [1.807, 2.05) is 13.8 Å². The number of nitrogens with one attached hydrogen (secondary N) is 2. The molecule has 3 N–H and O–H groups in total. The van der Waals surface area contributed by atoms with Crippen LogP contribution in [-0.4, -0.2) is 33.6 Å². The second-order valence-electron chi connectivity index (χ2n) is 4.99. The number of carbonyl (C=O) groups excluding carboxylic acids is 1. The molecule has 1 amide bonds. The lowest BCUT2D eigenvalue weighted by atomic mass is 9.96. The van der Waals surface area contributed by atoms with Gasteiger partial charge < -0.3 is 15.4 Å². The van der Waals surface area contributed by atoms with Crippen LogP contribution in [0.25, 0.3) is 11.0 Å². The van der Waals surface area contributed by atoms with Crippen LogP contribution in [-0.2, 0) is 0 Å². The molecule has 0 aliphatic rings. The molecule has 2 rings (SSSR count). The molecule has 1 aromatic heterocycles. The molecule has 0 aliphatic carbocycles. The molecule has 0 radical (unpaired) electrons. The highest BCUT2D eigenvalue weighted by molar-refractivity contribution is 5.97. The van der Waals surface area contributed by atoms with Gasteiger partial charge in [0.05, 0.1) is 23.5 Å². The standard InChI is InChI=1S/C15H21N3O2/c1-3-10(4-2)14(19)8-16-15(20)11-5-6-12-13(7-11)18-9-17-12/h5-7,9-10,14,19H,3-4,8H2,1-2H3,(H,16,20)(H,17,18). The molecule has 5 nitrogen and oxygen atoms in total. The summed E-state index contributed by atoms with van der Waals surface area (Å²) in [5, 5.41) is 12.8. The number of imidazole rings is 1. The lowest BCUT2D eigenvalue weighted by Crippen LogP contribution is -2.36. The number of aromatic amines is 1. The first-order valence-corrected chi connectivity index (χ1v) is 7.05. The Morgan fingerprint density at radius 3 is 2.85 bits per heavy atom. The van der Waals surface area contributed by atoms with E-state index in [0.717, 1.165) is 23.9 Å². The molecule has 0 aliphatic heterocycles. The van der Waals surface area contributed by atoms with Crippen molar-refractivity contribution in [1.29, 1.82) is 0 Å². The van der Waals surface area contributed by atoms with Crippen molar-refractivity contribution in [2.45, 2.75) is 32.8 Å². The summed E-state index contributed by atoms with van der Waals surface area (Å²) in [7, 11) is 0. The van der Waals surface area contributed by atoms with Crippen LogP contribution in [0.2, 0.25) is 0 Å². The number of carbonyl (C=O) groups is 1. The fraction of sp³-hybridized carbons (Fsp3) is 0.467. The van der Waals surface area contributed by atoms with Crippen LogP contribution in [0.3, 0.4) is 0 Å². The summed E-state index contributed by atoms with van der Waals surface area (Å²) in [5.74, 6) is 0.0527. The van der Waals surface area contributed by atoms with Crippen LogP contribution in [0.4, 0.5) is 0 Å². The maximum absolute atomic E-state index is 12.1. The van der Waals surface area contributed by atoms with Gasteiger partial charge in [0.1, 0.15) is 0 Å². The number of amides is 1. The number of hydrogen-bond acceptors (Lipinski definition) is 3. The SMILES string of the molecule is CCC(CC)C(O)CNC(=O)c1ccc2nc[nH]c2c1. The van der Waals surface area contributed by atoms with Gasteiger partial charge in [0.2, 0.25) is 0 Å². The Hall–Kier alpha value is -1.88. The Kier molecular flexibility index (Phi) is 4.74. The van der Waals surface area contributed by atoms with Gasteiger partial charge in [0.25, 0.3) is 5.91 Å². The summed E-state index contributed by atoms with van der Waals surface area (Å²) in [6.45, 7) is 4.38. The van der Waals surface area contributed by atoms with Gasteiger partial charge in [-0.1, -0.05) is 26.7 Å². The van der Waals surface area contributed by atoms with E-state index in [1.165, 1.54) is 0 Å². The Morgan fingerprint density at radius 1 is 1.40 bits per heavy atom. The minimum Gasteiger partial charge on any atom is -0.391 e. The van der Waals surface area contributed by atoms with Gasteiger partial charge >= 0.3 is 0 Å². The summed E-state index contributed by atoms with van der Waals surface area (Å²) in [6.07, 6.45) is 2.93. The summed E-state index contributed by atoms with van der Waals surface area (Å²) in [6, 6.07) is 5.31. The highest BCUT2D eigenvalue weighted by atomic mass is 16.3. The highest BCUT2D eigenvalue weighted by Crippen LogP contribution is 2.13. The van der Waals surface area contributed by atoms with E-state index in [0.29, 0.717) is 5.56 Å². The predicted octanol–water partition coefficient (Wildman–Crippen LogP) is 2.09. The lowest BCUT2D eigenvalue weighted by Gasteiger charge is -2.20. The molecule has 1 heterocycles. The zero-order valence-electron chi connectivity index (χ0n) is 11.9. The average molecular weight is 275 g/mol. The first kappa shape index (κ1) is 14.5. The fourth-order valence-electron chi connectivity index (χ4n) is 2.38. The molecule has 0 fully saturated rings. The molecule has 5 heteroatoms. The molecule has 0 spiro atoms. The van der Waals surface area contributed by atoms with Crippen molar-refractivity contribution in [1.82, 2.24) is 15.3 Å². The average Bonchev–Trinajstić information content (AvgIpc) is 2.93. The van der Waals surface area contributed by atoms with Crippen molar-refractivity contribution in [3.63, 3.8) is 0 Å². The van der Waals surface area contributed by atoms with Gasteiger partial charge in [0, 0.05) is 12.1 Å². The molecule has 1 aromatic carbocycles. The number of aliphatic hydroxyl groups excluding tert-OH is 1. The molecular formula is C15H21N3O2. The van der Waals surface area contributed by atoms with Gasteiger partial charge in [-0.3, -0.25) is 4.79 Å². The Bertz CT molecular complexity index is 575. The van der Waals surface area contributed by atoms with E-state index in [2.05, 4.69) is 15.3 Å². The summed E-state index contributed by atoms with van der Waals surface area (Å²) >= 11 is 0. The molecule has 1 unspecified atom stereocenters. The minimum absolute atomic E-state index is 0.175. The lowest BCUT2D eigenvalue weighted by molar-refractivity contribution is 0.0817. The van der Waals surface area contributed by atoms with Crippen LogP contribution in [0, 0.1) is 5.92 Å². The number of H-pyrrole nitrogens is 1. The zero-order valence-corrected chi connectivity index (χ0v) is 11.9. The number of fused-ring (bicyclic) bond motifs is 1. The number of nitrogens with zero attached hydrogens (tertiary/aromatic N) is 1. The quantitative estimate of drug-likeness (QED) is 0.755. The first-order chi connectivity index (χ1) is 9.65. The molecule has 108 valence electrons. The molecular weight excluding hydrogens is 254 g/mol. The number of rotatable bonds is 6. The maximum atomic E-state index is 12.1. The van der Waals surface area contributed by atoms with Crippen LogP contribution < -0.4 is 5.32 Å². The second-order valence-corrected chi connectivity index (χ2v) is 4.99. The van der Waals surface area contributed by atoms with Gasteiger partial charge in [-0.2, -0.15) is 0 Å². The topological polar surface area (TPSA) is 78.0 Å². The maximum Gasteiger partial charge on any atom is 0.251 e. The smallest absolute Gasteiger partial charge is 0.251 e. The van der Waals surface area contributed by atoms with E-state index < -0.39 is 6.10 Å². The third kappa shape index (κ3) is 3.17. The van der Waals surface area contributed by atoms with Crippen LogP contribution in [0.1, 0.15) is 37.0 Å². The Morgan fingerprint density at radius 2 is 2.15 bits per heavy atom. The zero-order chi connectivity index (χ0) is 14.5. The van der Waals surface area contributed by atoms with Crippen molar-refractivity contribution in [3.05, 3.63) is 30.1 Å². The first-order valence-electron chi connectivity index (χ1n) is 7.05. The molecule has 2 aromatic rings. The van der Waals surface area contributed by atoms with Crippen molar-refractivity contribution < 1.29 is 9.90 Å². The number of aromatic nitrogens is 2. The number of benzene rings is 1. The Labute approximate surface area is 118 Å². The minimum atomic E-state index is -0.496. The second kappa shape index (κ2) is 6.52. The van der Waals surface area contributed by atoms with Gasteiger partial charge in [-0.05, 0) is 24.1 Å². The van der Waals surface area contributed by atoms with Crippen molar-refractivity contribution in [2.75, 3.05) is 6.54 Å². The van der Waals surface area contributed by atoms with Gasteiger partial charge in [-0.25, -0.2) is 4.98 Å². The highest BCUT2D eigenvalue weighted by Gasteiger charge is 2.16. The molecule has 0 saturated carbocycles. The molecule has 20 heavy (non-hydrogen) atoms. The van der Waals surface area contributed by atoms with Gasteiger partial charge in [-0.15, -0.1) is 0 Å². The Balaban J connectivity index is 1.97. The van der Waals surface area contributed by atoms with Gasteiger partial charge in [0.15, 0.2) is 0 Å². The third-order valence-electron chi connectivity index (χ3n) is 3.75. The van der Waals surface area contributed by atoms with Crippen LogP contribution >= 0.6 is 0 Å². The van der Waals surface area contributed by atoms with E-state index >= 15 is 0 Å². The van der Waals surface area contributed by atoms with E-state index in [1.54, 1.807) is 24.5 Å². The largest absolute Gasteiger partial charge is 0.391 e. The predicted molar refractivity (Wildman–Crippen MR) is 78.5 cm³/mol. The third-order valence-corrected chi connectivity index (χ3v) is 3.75. The van der Waals surface area contributed by atoms with E-state index in [4.69, 9.17) is 0 Å². The number of hydrogen-bond donors (Lipinski definition) is 3. The van der Waals surface area contributed by atoms with Crippen LogP contribution in [0.15, 0.2) is 24.5 Å².